The van der Waals surface area contributed by atoms with Gasteiger partial charge in [-0.25, -0.2) is 0 Å². The van der Waals surface area contributed by atoms with Crippen molar-refractivity contribution in [2.45, 2.75) is 33.4 Å². The second kappa shape index (κ2) is 12.4. The summed E-state index contributed by atoms with van der Waals surface area (Å²) in [5.74, 6) is -0.402. The third-order valence-electron chi connectivity index (χ3n) is 4.95. The standard InChI is InChI=1S/C23H27Cl2N3O6/c1-14(2)11-26-23(30)15(3)27(12-17-18(24)6-5-7-19(17)25)22(29)13-34-16-8-9-20(28(31)32)21(10-16)33-4/h5-10,14-15H,11-13H2,1-4H3,(H,26,30)/t15-/m1/s1. The SMILES string of the molecule is COc1cc(OCC(=O)N(Cc2c(Cl)cccc2Cl)[C@H](C)C(=O)NCC(C)C)ccc1[N+](=O)[O-]. The summed E-state index contributed by atoms with van der Waals surface area (Å²) >= 11 is 12.6. The van der Waals surface area contributed by atoms with Gasteiger partial charge in [0, 0.05) is 40.8 Å². The quantitative estimate of drug-likeness (QED) is 0.351. The topological polar surface area (TPSA) is 111 Å². The number of carbonyl (C=O) groups is 2. The van der Waals surface area contributed by atoms with Crippen LogP contribution >= 0.6 is 23.2 Å². The highest BCUT2D eigenvalue weighted by Crippen LogP contribution is 2.31. The molecule has 0 aliphatic carbocycles. The molecule has 11 heteroatoms. The van der Waals surface area contributed by atoms with E-state index >= 15 is 0 Å². The number of hydrogen-bond donors (Lipinski definition) is 1. The fraction of sp³-hybridized carbons (Fsp3) is 0.391. The Kier molecular flexibility index (Phi) is 9.95. The minimum absolute atomic E-state index is 0.00362. The highest BCUT2D eigenvalue weighted by molar-refractivity contribution is 6.36. The smallest absolute Gasteiger partial charge is 0.311 e. The van der Waals surface area contributed by atoms with E-state index in [4.69, 9.17) is 32.7 Å². The summed E-state index contributed by atoms with van der Waals surface area (Å²) < 4.78 is 10.6. The molecule has 2 amide bonds. The lowest BCUT2D eigenvalue weighted by Gasteiger charge is -2.29. The zero-order valence-corrected chi connectivity index (χ0v) is 20.9. The molecule has 0 spiro atoms. The molecular weight excluding hydrogens is 485 g/mol. The summed E-state index contributed by atoms with van der Waals surface area (Å²) in [6.07, 6.45) is 0. The van der Waals surface area contributed by atoms with Gasteiger partial charge in [0.1, 0.15) is 11.8 Å². The van der Waals surface area contributed by atoms with Crippen molar-refractivity contribution in [3.63, 3.8) is 0 Å². The molecule has 1 atom stereocenters. The van der Waals surface area contributed by atoms with E-state index in [0.29, 0.717) is 22.2 Å². The van der Waals surface area contributed by atoms with Crippen molar-refractivity contribution in [3.8, 4) is 11.5 Å². The van der Waals surface area contributed by atoms with Crippen LogP contribution in [0.4, 0.5) is 5.69 Å². The van der Waals surface area contributed by atoms with Gasteiger partial charge in [-0.1, -0.05) is 43.1 Å². The number of nitrogens with zero attached hydrogens (tertiary/aromatic N) is 2. The Balaban J connectivity index is 2.24. The van der Waals surface area contributed by atoms with Gasteiger partial charge in [-0.2, -0.15) is 0 Å². The molecule has 0 saturated heterocycles. The molecule has 2 rings (SSSR count). The Morgan fingerprint density at radius 2 is 1.79 bits per heavy atom. The molecule has 184 valence electrons. The number of nitrogens with one attached hydrogen (secondary N) is 1. The summed E-state index contributed by atoms with van der Waals surface area (Å²) in [4.78, 5) is 37.7. The summed E-state index contributed by atoms with van der Waals surface area (Å²) in [7, 11) is 1.30. The maximum atomic E-state index is 13.2. The van der Waals surface area contributed by atoms with Crippen LogP contribution in [0.3, 0.4) is 0 Å². The first-order chi connectivity index (χ1) is 16.0. The van der Waals surface area contributed by atoms with Crippen LogP contribution in [0.5, 0.6) is 11.5 Å². The monoisotopic (exact) mass is 511 g/mol. The Hall–Kier alpha value is -3.04. The third-order valence-corrected chi connectivity index (χ3v) is 5.66. The van der Waals surface area contributed by atoms with Gasteiger partial charge in [-0.3, -0.25) is 19.7 Å². The largest absolute Gasteiger partial charge is 0.490 e. The summed E-state index contributed by atoms with van der Waals surface area (Å²) in [5.41, 5.74) is 0.270. The van der Waals surface area contributed by atoms with Crippen LogP contribution in [0.25, 0.3) is 0 Å². The van der Waals surface area contributed by atoms with Crippen molar-refractivity contribution in [2.24, 2.45) is 5.92 Å². The predicted molar refractivity (Wildman–Crippen MR) is 129 cm³/mol. The first kappa shape index (κ1) is 27.2. The van der Waals surface area contributed by atoms with Crippen molar-refractivity contribution in [2.75, 3.05) is 20.3 Å². The minimum Gasteiger partial charge on any atom is -0.490 e. The molecule has 2 aromatic carbocycles. The number of methoxy groups -OCH3 is 1. The van der Waals surface area contributed by atoms with Crippen LogP contribution in [-0.2, 0) is 16.1 Å². The van der Waals surface area contributed by atoms with Crippen molar-refractivity contribution in [1.82, 2.24) is 10.2 Å². The Morgan fingerprint density at radius 3 is 2.35 bits per heavy atom. The van der Waals surface area contributed by atoms with Gasteiger partial charge < -0.3 is 19.7 Å². The molecule has 34 heavy (non-hydrogen) atoms. The van der Waals surface area contributed by atoms with E-state index in [2.05, 4.69) is 5.32 Å². The van der Waals surface area contributed by atoms with Crippen molar-refractivity contribution in [3.05, 3.63) is 62.1 Å². The van der Waals surface area contributed by atoms with E-state index in [1.807, 2.05) is 13.8 Å². The number of ether oxygens (including phenoxy) is 2. The number of carbonyl (C=O) groups excluding carboxylic acids is 2. The summed E-state index contributed by atoms with van der Waals surface area (Å²) in [5, 5.41) is 14.6. The molecule has 0 aliphatic heterocycles. The lowest BCUT2D eigenvalue weighted by Crippen LogP contribution is -2.49. The van der Waals surface area contributed by atoms with E-state index in [0.717, 1.165) is 0 Å². The third kappa shape index (κ3) is 7.23. The number of hydrogen-bond acceptors (Lipinski definition) is 6. The van der Waals surface area contributed by atoms with Crippen LogP contribution in [0, 0.1) is 16.0 Å². The predicted octanol–water partition coefficient (Wildman–Crippen LogP) is 4.48. The van der Waals surface area contributed by atoms with E-state index in [1.54, 1.807) is 25.1 Å². The van der Waals surface area contributed by atoms with E-state index in [9.17, 15) is 19.7 Å². The minimum atomic E-state index is -0.839. The molecule has 0 unspecified atom stereocenters. The van der Waals surface area contributed by atoms with E-state index < -0.39 is 23.5 Å². The Labute approximate surface area is 208 Å². The maximum absolute atomic E-state index is 13.2. The zero-order chi connectivity index (χ0) is 25.4. The molecule has 2 aromatic rings. The van der Waals surface area contributed by atoms with E-state index in [1.165, 1.54) is 30.2 Å². The molecule has 0 radical (unpaired) electrons. The first-order valence-electron chi connectivity index (χ1n) is 10.5. The second-order valence-corrected chi connectivity index (χ2v) is 8.73. The van der Waals surface area contributed by atoms with Crippen molar-refractivity contribution in [1.29, 1.82) is 0 Å². The van der Waals surface area contributed by atoms with Gasteiger partial charge in [0.15, 0.2) is 6.61 Å². The second-order valence-electron chi connectivity index (χ2n) is 7.92. The van der Waals surface area contributed by atoms with Gasteiger partial charge in [-0.05, 0) is 31.0 Å². The Bertz CT molecular complexity index is 1030. The fourth-order valence-corrected chi connectivity index (χ4v) is 3.53. The summed E-state index contributed by atoms with van der Waals surface area (Å²) in [6, 6.07) is 8.05. The molecule has 0 fully saturated rings. The molecule has 0 saturated carbocycles. The van der Waals surface area contributed by atoms with Gasteiger partial charge >= 0.3 is 5.69 Å². The number of nitro benzene ring substituents is 1. The van der Waals surface area contributed by atoms with Crippen LogP contribution in [0.2, 0.25) is 10.0 Å². The van der Waals surface area contributed by atoms with Gasteiger partial charge in [0.05, 0.1) is 12.0 Å². The number of amides is 2. The molecule has 9 nitrogen and oxygen atoms in total. The molecule has 0 aromatic heterocycles. The van der Waals surface area contributed by atoms with Gasteiger partial charge in [-0.15, -0.1) is 0 Å². The number of halogens is 2. The van der Waals surface area contributed by atoms with Crippen molar-refractivity contribution < 1.29 is 24.0 Å². The lowest BCUT2D eigenvalue weighted by molar-refractivity contribution is -0.385. The van der Waals surface area contributed by atoms with Crippen LogP contribution in [-0.4, -0.2) is 47.9 Å². The highest BCUT2D eigenvalue weighted by atomic mass is 35.5. The Morgan fingerprint density at radius 1 is 1.15 bits per heavy atom. The van der Waals surface area contributed by atoms with Crippen LogP contribution < -0.4 is 14.8 Å². The zero-order valence-electron chi connectivity index (χ0n) is 19.3. The molecule has 0 aliphatic rings. The van der Waals surface area contributed by atoms with Crippen molar-refractivity contribution >= 4 is 40.7 Å². The first-order valence-corrected chi connectivity index (χ1v) is 11.3. The summed E-state index contributed by atoms with van der Waals surface area (Å²) in [6.45, 7) is 5.54. The average molecular weight is 512 g/mol. The fourth-order valence-electron chi connectivity index (χ4n) is 3.02. The normalized spacial score (nSPS) is 11.6. The van der Waals surface area contributed by atoms with Gasteiger partial charge in [0.2, 0.25) is 11.7 Å². The molecule has 0 bridgehead atoms. The average Bonchev–Trinajstić information content (AvgIpc) is 2.80. The lowest BCUT2D eigenvalue weighted by atomic mass is 10.1. The van der Waals surface area contributed by atoms with Crippen LogP contribution in [0.15, 0.2) is 36.4 Å². The number of nitro groups is 1. The maximum Gasteiger partial charge on any atom is 0.311 e. The number of rotatable bonds is 11. The molecule has 1 N–H and O–H groups in total. The number of benzene rings is 2. The molecular formula is C23H27Cl2N3O6. The highest BCUT2D eigenvalue weighted by Gasteiger charge is 2.28. The van der Waals surface area contributed by atoms with Gasteiger partial charge in [0.25, 0.3) is 5.91 Å². The molecule has 0 heterocycles. The van der Waals surface area contributed by atoms with Crippen LogP contribution in [0.1, 0.15) is 26.3 Å². The van der Waals surface area contributed by atoms with E-state index in [-0.39, 0.29) is 35.6 Å².